The molecule has 2 heterocycles. The number of thiazole rings is 1. The van der Waals surface area contributed by atoms with Crippen molar-refractivity contribution in [2.45, 2.75) is 20.8 Å². The lowest BCUT2D eigenvalue weighted by atomic mass is 10.3. The molecule has 0 aliphatic rings. The van der Waals surface area contributed by atoms with Crippen LogP contribution in [0.15, 0.2) is 6.20 Å². The van der Waals surface area contributed by atoms with E-state index in [4.69, 9.17) is 4.74 Å². The van der Waals surface area contributed by atoms with Crippen LogP contribution in [0.4, 0.5) is 0 Å². The summed E-state index contributed by atoms with van der Waals surface area (Å²) >= 11 is 1.48. The molecule has 2 aromatic rings. The van der Waals surface area contributed by atoms with Crippen molar-refractivity contribution in [2.75, 3.05) is 6.61 Å². The van der Waals surface area contributed by atoms with Gasteiger partial charge >= 0.3 is 5.97 Å². The lowest BCUT2D eigenvalue weighted by Crippen LogP contribution is -2.06. The molecule has 0 N–H and O–H groups in total. The molecular formula is C12H15N3O2S. The number of aromatic nitrogens is 3. The molecule has 2 aromatic heterocycles. The minimum Gasteiger partial charge on any atom is -0.461 e. The SMILES string of the molecule is CCOC(=O)c1nc(-c2cn(C)nc2C)sc1C. The number of hydrogen-bond acceptors (Lipinski definition) is 5. The van der Waals surface area contributed by atoms with E-state index in [1.807, 2.05) is 27.1 Å². The number of carbonyl (C=O) groups excluding carboxylic acids is 1. The van der Waals surface area contributed by atoms with Crippen LogP contribution in [0.5, 0.6) is 0 Å². The van der Waals surface area contributed by atoms with Gasteiger partial charge in [-0.2, -0.15) is 5.10 Å². The second-order valence-corrected chi connectivity index (χ2v) is 5.15. The van der Waals surface area contributed by atoms with Crippen LogP contribution in [0.1, 0.15) is 28.0 Å². The molecule has 0 aliphatic heterocycles. The van der Waals surface area contributed by atoms with Gasteiger partial charge in [0.25, 0.3) is 0 Å². The first kappa shape index (κ1) is 12.8. The van der Waals surface area contributed by atoms with Gasteiger partial charge in [-0.3, -0.25) is 4.68 Å². The molecule has 0 spiro atoms. The molecule has 0 amide bonds. The molecule has 0 saturated heterocycles. The quantitative estimate of drug-likeness (QED) is 0.799. The van der Waals surface area contributed by atoms with Gasteiger partial charge < -0.3 is 4.74 Å². The highest BCUT2D eigenvalue weighted by Gasteiger charge is 2.19. The zero-order chi connectivity index (χ0) is 13.3. The third kappa shape index (κ3) is 2.28. The second kappa shape index (κ2) is 4.89. The fourth-order valence-corrected chi connectivity index (χ4v) is 2.67. The number of ether oxygens (including phenoxy) is 1. The molecule has 6 heteroatoms. The summed E-state index contributed by atoms with van der Waals surface area (Å²) in [5, 5.41) is 5.08. The van der Waals surface area contributed by atoms with Crippen molar-refractivity contribution in [1.82, 2.24) is 14.8 Å². The Morgan fingerprint density at radius 1 is 1.50 bits per heavy atom. The van der Waals surface area contributed by atoms with Crippen molar-refractivity contribution in [3.8, 4) is 10.6 Å². The highest BCUT2D eigenvalue weighted by atomic mass is 32.1. The Balaban J connectivity index is 2.40. The summed E-state index contributed by atoms with van der Waals surface area (Å²) in [5.41, 5.74) is 2.27. The summed E-state index contributed by atoms with van der Waals surface area (Å²) < 4.78 is 6.72. The first-order chi connectivity index (χ1) is 8.52. The molecule has 2 rings (SSSR count). The topological polar surface area (TPSA) is 57.0 Å². The molecule has 0 atom stereocenters. The van der Waals surface area contributed by atoms with Gasteiger partial charge in [-0.15, -0.1) is 11.3 Å². The van der Waals surface area contributed by atoms with Crippen molar-refractivity contribution >= 4 is 17.3 Å². The van der Waals surface area contributed by atoms with E-state index in [1.165, 1.54) is 11.3 Å². The molecule has 18 heavy (non-hydrogen) atoms. The Morgan fingerprint density at radius 3 is 2.78 bits per heavy atom. The zero-order valence-corrected chi connectivity index (χ0v) is 11.7. The third-order valence-electron chi connectivity index (χ3n) is 2.51. The second-order valence-electron chi connectivity index (χ2n) is 3.95. The van der Waals surface area contributed by atoms with Crippen molar-refractivity contribution in [1.29, 1.82) is 0 Å². The minimum atomic E-state index is -0.362. The molecule has 0 aromatic carbocycles. The minimum absolute atomic E-state index is 0.358. The Kier molecular flexibility index (Phi) is 3.47. The van der Waals surface area contributed by atoms with E-state index >= 15 is 0 Å². The number of hydrogen-bond donors (Lipinski definition) is 0. The van der Waals surface area contributed by atoms with E-state index in [0.29, 0.717) is 12.3 Å². The normalized spacial score (nSPS) is 10.7. The number of aryl methyl sites for hydroxylation is 3. The molecule has 96 valence electrons. The summed E-state index contributed by atoms with van der Waals surface area (Å²) in [7, 11) is 1.86. The van der Waals surface area contributed by atoms with Crippen molar-refractivity contribution in [3.63, 3.8) is 0 Å². The average molecular weight is 265 g/mol. The predicted octanol–water partition coefficient (Wildman–Crippen LogP) is 2.34. The molecule has 0 bridgehead atoms. The number of rotatable bonds is 3. The Bertz CT molecular complexity index is 586. The summed E-state index contributed by atoms with van der Waals surface area (Å²) in [6, 6.07) is 0. The maximum Gasteiger partial charge on any atom is 0.358 e. The Hall–Kier alpha value is -1.69. The highest BCUT2D eigenvalue weighted by Crippen LogP contribution is 2.29. The van der Waals surface area contributed by atoms with Crippen LogP contribution in [0.2, 0.25) is 0 Å². The lowest BCUT2D eigenvalue weighted by Gasteiger charge is -1.97. The summed E-state index contributed by atoms with van der Waals surface area (Å²) in [6.07, 6.45) is 1.91. The molecule has 0 unspecified atom stereocenters. The van der Waals surface area contributed by atoms with E-state index in [-0.39, 0.29) is 5.97 Å². The van der Waals surface area contributed by atoms with Crippen molar-refractivity contribution < 1.29 is 9.53 Å². The fourth-order valence-electron chi connectivity index (χ4n) is 1.71. The van der Waals surface area contributed by atoms with Crippen LogP contribution in [-0.4, -0.2) is 27.3 Å². The van der Waals surface area contributed by atoms with Gasteiger partial charge in [-0.05, 0) is 20.8 Å². The van der Waals surface area contributed by atoms with E-state index in [0.717, 1.165) is 21.1 Å². The highest BCUT2D eigenvalue weighted by molar-refractivity contribution is 7.15. The molecule has 0 aliphatic carbocycles. The average Bonchev–Trinajstić information content (AvgIpc) is 2.82. The molecule has 5 nitrogen and oxygen atoms in total. The Morgan fingerprint density at radius 2 is 2.22 bits per heavy atom. The van der Waals surface area contributed by atoms with E-state index < -0.39 is 0 Å². The first-order valence-corrected chi connectivity index (χ1v) is 6.49. The number of carbonyl (C=O) groups is 1. The number of nitrogens with zero attached hydrogens (tertiary/aromatic N) is 3. The zero-order valence-electron chi connectivity index (χ0n) is 10.9. The van der Waals surface area contributed by atoms with Crippen molar-refractivity contribution in [3.05, 3.63) is 22.5 Å². The summed E-state index contributed by atoms with van der Waals surface area (Å²) in [5.74, 6) is -0.362. The first-order valence-electron chi connectivity index (χ1n) is 5.68. The van der Waals surface area contributed by atoms with Gasteiger partial charge in [0.2, 0.25) is 0 Å². The van der Waals surface area contributed by atoms with E-state index in [2.05, 4.69) is 10.1 Å². The molecule has 0 fully saturated rings. The van der Waals surface area contributed by atoms with Crippen molar-refractivity contribution in [2.24, 2.45) is 7.05 Å². The van der Waals surface area contributed by atoms with Crippen LogP contribution in [-0.2, 0) is 11.8 Å². The third-order valence-corrected chi connectivity index (χ3v) is 3.51. The van der Waals surface area contributed by atoms with Gasteiger partial charge in [0.15, 0.2) is 5.69 Å². The standard InChI is InChI=1S/C12H15N3O2S/c1-5-17-12(16)10-8(3)18-11(13-10)9-6-15(4)14-7(9)2/h6H,5H2,1-4H3. The largest absolute Gasteiger partial charge is 0.461 e. The molecule has 0 saturated carbocycles. The smallest absolute Gasteiger partial charge is 0.358 e. The Labute approximate surface area is 109 Å². The van der Waals surface area contributed by atoms with Crippen LogP contribution in [0.25, 0.3) is 10.6 Å². The lowest BCUT2D eigenvalue weighted by molar-refractivity contribution is 0.0519. The van der Waals surface area contributed by atoms with Crippen LogP contribution < -0.4 is 0 Å². The monoisotopic (exact) mass is 265 g/mol. The van der Waals surface area contributed by atoms with Gasteiger partial charge in [0.05, 0.1) is 17.9 Å². The van der Waals surface area contributed by atoms with E-state index in [9.17, 15) is 4.79 Å². The van der Waals surface area contributed by atoms with Crippen LogP contribution in [0, 0.1) is 13.8 Å². The predicted molar refractivity (Wildman–Crippen MR) is 69.7 cm³/mol. The number of esters is 1. The van der Waals surface area contributed by atoms with Gasteiger partial charge in [-0.25, -0.2) is 9.78 Å². The van der Waals surface area contributed by atoms with E-state index in [1.54, 1.807) is 11.6 Å². The molecular weight excluding hydrogens is 250 g/mol. The summed E-state index contributed by atoms with van der Waals surface area (Å²) in [4.78, 5) is 16.9. The van der Waals surface area contributed by atoms with Gasteiger partial charge in [0, 0.05) is 18.1 Å². The van der Waals surface area contributed by atoms with Gasteiger partial charge in [0.1, 0.15) is 5.01 Å². The summed E-state index contributed by atoms with van der Waals surface area (Å²) in [6.45, 7) is 5.94. The maximum absolute atomic E-state index is 11.7. The fraction of sp³-hybridized carbons (Fsp3) is 0.417. The maximum atomic E-state index is 11.7. The molecule has 0 radical (unpaired) electrons. The van der Waals surface area contributed by atoms with Crippen LogP contribution >= 0.6 is 11.3 Å². The van der Waals surface area contributed by atoms with Gasteiger partial charge in [-0.1, -0.05) is 0 Å². The van der Waals surface area contributed by atoms with Crippen LogP contribution in [0.3, 0.4) is 0 Å².